The van der Waals surface area contributed by atoms with E-state index in [9.17, 15) is 5.11 Å². The lowest BCUT2D eigenvalue weighted by molar-refractivity contribution is 0.175. The third kappa shape index (κ3) is 4.53. The van der Waals surface area contributed by atoms with E-state index < -0.39 is 0 Å². The minimum Gasteiger partial charge on any atom is -0.392 e. The molecule has 122 valence electrons. The van der Waals surface area contributed by atoms with Gasteiger partial charge in [-0.25, -0.2) is 0 Å². The number of hydrogen-bond donors (Lipinski definition) is 1. The Morgan fingerprint density at radius 1 is 0.909 bits per heavy atom. The summed E-state index contributed by atoms with van der Waals surface area (Å²) >= 11 is 0. The second kappa shape index (κ2) is 7.55. The van der Waals surface area contributed by atoms with Crippen LogP contribution in [-0.2, 0) is 13.1 Å². The smallest absolute Gasteiger partial charge is 0.0679 e. The van der Waals surface area contributed by atoms with Crippen LogP contribution in [0.15, 0.2) is 24.3 Å². The van der Waals surface area contributed by atoms with Crippen molar-refractivity contribution in [3.63, 3.8) is 0 Å². The van der Waals surface area contributed by atoms with Crippen molar-refractivity contribution in [3.8, 4) is 0 Å². The third-order valence-corrected chi connectivity index (χ3v) is 4.89. The van der Waals surface area contributed by atoms with Gasteiger partial charge in [0.05, 0.1) is 6.10 Å². The van der Waals surface area contributed by atoms with Gasteiger partial charge in [-0.3, -0.25) is 9.80 Å². The summed E-state index contributed by atoms with van der Waals surface area (Å²) in [5.41, 5.74) is 2.77. The van der Waals surface area contributed by atoms with E-state index in [1.54, 1.807) is 0 Å². The van der Waals surface area contributed by atoms with E-state index in [2.05, 4.69) is 46.0 Å². The number of likely N-dealkylation sites (tertiary alicyclic amines) is 1. The highest BCUT2D eigenvalue weighted by Crippen LogP contribution is 2.15. The lowest BCUT2D eigenvalue weighted by Crippen LogP contribution is -2.28. The molecule has 1 aromatic carbocycles. The molecule has 2 saturated heterocycles. The average molecular weight is 303 g/mol. The molecule has 0 amide bonds. The largest absolute Gasteiger partial charge is 0.392 e. The first-order valence-corrected chi connectivity index (χ1v) is 8.58. The highest BCUT2D eigenvalue weighted by molar-refractivity contribution is 5.22. The van der Waals surface area contributed by atoms with Crippen molar-refractivity contribution in [1.82, 2.24) is 14.7 Å². The van der Waals surface area contributed by atoms with Gasteiger partial charge >= 0.3 is 0 Å². The van der Waals surface area contributed by atoms with Crippen LogP contribution in [0.1, 0.15) is 24.0 Å². The number of nitrogens with zero attached hydrogens (tertiary/aromatic N) is 3. The predicted molar refractivity (Wildman–Crippen MR) is 89.7 cm³/mol. The van der Waals surface area contributed by atoms with Crippen molar-refractivity contribution in [2.45, 2.75) is 32.0 Å². The summed E-state index contributed by atoms with van der Waals surface area (Å²) in [7, 11) is 2.22. The van der Waals surface area contributed by atoms with Crippen LogP contribution in [0.25, 0.3) is 0 Å². The molecule has 22 heavy (non-hydrogen) atoms. The second-order valence-corrected chi connectivity index (χ2v) is 6.93. The molecule has 2 fully saturated rings. The molecule has 0 radical (unpaired) electrons. The number of β-amino-alcohol motifs (C(OH)–C–C–N with tert-alkyl or cyclic N) is 1. The molecule has 3 rings (SSSR count). The van der Waals surface area contributed by atoms with Gasteiger partial charge in [-0.15, -0.1) is 0 Å². The molecule has 2 aliphatic rings. The fourth-order valence-electron chi connectivity index (χ4n) is 3.48. The van der Waals surface area contributed by atoms with Crippen LogP contribution in [0, 0.1) is 0 Å². The van der Waals surface area contributed by atoms with Crippen LogP contribution in [0.3, 0.4) is 0 Å². The van der Waals surface area contributed by atoms with Crippen molar-refractivity contribution in [2.24, 2.45) is 0 Å². The lowest BCUT2D eigenvalue weighted by Gasteiger charge is -2.20. The number of rotatable bonds is 4. The van der Waals surface area contributed by atoms with Crippen LogP contribution >= 0.6 is 0 Å². The fraction of sp³-hybridized carbons (Fsp3) is 0.667. The van der Waals surface area contributed by atoms with Gasteiger partial charge in [0.15, 0.2) is 0 Å². The van der Waals surface area contributed by atoms with Crippen LogP contribution in [0.4, 0.5) is 0 Å². The fourth-order valence-corrected chi connectivity index (χ4v) is 3.48. The standard InChI is InChI=1S/C18H29N3O/c1-19-8-2-9-20(12-11-19)13-16-3-5-17(6-4-16)14-21-10-7-18(22)15-21/h3-6,18,22H,2,7-15H2,1H3/t18-/m1/s1. The van der Waals surface area contributed by atoms with Crippen LogP contribution < -0.4 is 0 Å². The van der Waals surface area contributed by atoms with E-state index in [0.717, 1.165) is 32.6 Å². The first-order valence-electron chi connectivity index (χ1n) is 8.58. The zero-order valence-corrected chi connectivity index (χ0v) is 13.7. The number of benzene rings is 1. The summed E-state index contributed by atoms with van der Waals surface area (Å²) in [4.78, 5) is 7.33. The summed E-state index contributed by atoms with van der Waals surface area (Å²) in [6.45, 7) is 8.64. The lowest BCUT2D eigenvalue weighted by atomic mass is 10.1. The topological polar surface area (TPSA) is 30.0 Å². The maximum atomic E-state index is 9.60. The molecule has 2 aliphatic heterocycles. The zero-order chi connectivity index (χ0) is 15.4. The van der Waals surface area contributed by atoms with Crippen molar-refractivity contribution in [2.75, 3.05) is 46.3 Å². The normalized spacial score (nSPS) is 25.5. The molecule has 0 aliphatic carbocycles. The highest BCUT2D eigenvalue weighted by Gasteiger charge is 2.19. The van der Waals surface area contributed by atoms with E-state index in [1.807, 2.05) is 0 Å². The van der Waals surface area contributed by atoms with Crippen LogP contribution in [0.5, 0.6) is 0 Å². The molecular weight excluding hydrogens is 274 g/mol. The molecule has 0 spiro atoms. The molecular formula is C18H29N3O. The quantitative estimate of drug-likeness (QED) is 0.910. The van der Waals surface area contributed by atoms with Crippen LogP contribution in [0.2, 0.25) is 0 Å². The number of aliphatic hydroxyl groups excluding tert-OH is 1. The second-order valence-electron chi connectivity index (χ2n) is 6.93. The average Bonchev–Trinajstić information content (AvgIpc) is 2.80. The Kier molecular flexibility index (Phi) is 5.47. The number of likely N-dealkylation sites (N-methyl/N-ethyl adjacent to an activating group) is 1. The number of aliphatic hydroxyl groups is 1. The van der Waals surface area contributed by atoms with Crippen molar-refractivity contribution >= 4 is 0 Å². The Morgan fingerprint density at radius 2 is 1.59 bits per heavy atom. The van der Waals surface area contributed by atoms with Crippen LogP contribution in [-0.4, -0.2) is 72.2 Å². The highest BCUT2D eigenvalue weighted by atomic mass is 16.3. The van der Waals surface area contributed by atoms with E-state index >= 15 is 0 Å². The predicted octanol–water partition coefficient (Wildman–Crippen LogP) is 1.39. The Balaban J connectivity index is 1.50. The van der Waals surface area contributed by atoms with Crippen molar-refractivity contribution in [1.29, 1.82) is 0 Å². The van der Waals surface area contributed by atoms with E-state index in [-0.39, 0.29) is 6.10 Å². The zero-order valence-electron chi connectivity index (χ0n) is 13.7. The van der Waals surface area contributed by atoms with Gasteiger partial charge in [0.25, 0.3) is 0 Å². The molecule has 1 atom stereocenters. The molecule has 1 aromatic rings. The first-order chi connectivity index (χ1) is 10.7. The van der Waals surface area contributed by atoms with E-state index in [4.69, 9.17) is 0 Å². The van der Waals surface area contributed by atoms with Gasteiger partial charge in [0.2, 0.25) is 0 Å². The van der Waals surface area contributed by atoms with Gasteiger partial charge in [-0.1, -0.05) is 24.3 Å². The van der Waals surface area contributed by atoms with Gasteiger partial charge in [-0.05, 0) is 44.1 Å². The van der Waals surface area contributed by atoms with Gasteiger partial charge in [-0.2, -0.15) is 0 Å². The third-order valence-electron chi connectivity index (χ3n) is 4.89. The Bertz CT molecular complexity index is 462. The van der Waals surface area contributed by atoms with Crippen molar-refractivity contribution in [3.05, 3.63) is 35.4 Å². The molecule has 0 saturated carbocycles. The summed E-state index contributed by atoms with van der Waals surface area (Å²) in [6, 6.07) is 9.06. The molecule has 0 unspecified atom stereocenters. The minimum absolute atomic E-state index is 0.125. The monoisotopic (exact) mass is 303 g/mol. The first kappa shape index (κ1) is 15.9. The summed E-state index contributed by atoms with van der Waals surface area (Å²) < 4.78 is 0. The Morgan fingerprint density at radius 3 is 2.23 bits per heavy atom. The summed E-state index contributed by atoms with van der Waals surface area (Å²) in [6.07, 6.45) is 2.06. The molecule has 2 heterocycles. The Hall–Kier alpha value is -0.940. The molecule has 4 heteroatoms. The summed E-state index contributed by atoms with van der Waals surface area (Å²) in [5.74, 6) is 0. The van der Waals surface area contributed by atoms with Gasteiger partial charge < -0.3 is 10.0 Å². The number of hydrogen-bond acceptors (Lipinski definition) is 4. The maximum Gasteiger partial charge on any atom is 0.0679 e. The molecule has 0 aromatic heterocycles. The molecule has 4 nitrogen and oxygen atoms in total. The van der Waals surface area contributed by atoms with E-state index in [0.29, 0.717) is 0 Å². The van der Waals surface area contributed by atoms with E-state index in [1.165, 1.54) is 43.7 Å². The summed E-state index contributed by atoms with van der Waals surface area (Å²) in [5, 5.41) is 9.60. The maximum absolute atomic E-state index is 9.60. The molecule has 1 N–H and O–H groups in total. The molecule has 0 bridgehead atoms. The SMILES string of the molecule is CN1CCCN(Cc2ccc(CN3CC[C@@H](O)C3)cc2)CC1. The van der Waals surface area contributed by atoms with Crippen molar-refractivity contribution < 1.29 is 5.11 Å². The van der Waals surface area contributed by atoms with Gasteiger partial charge in [0.1, 0.15) is 0 Å². The Labute approximate surface area is 134 Å². The van der Waals surface area contributed by atoms with Gasteiger partial charge in [0, 0.05) is 39.3 Å². The minimum atomic E-state index is -0.125.